The van der Waals surface area contributed by atoms with Crippen LogP contribution in [0.4, 0.5) is 11.8 Å². The van der Waals surface area contributed by atoms with Gasteiger partial charge in [0.2, 0.25) is 5.95 Å². The molecule has 1 saturated carbocycles. The molecular formula is C30H38N7O6P. The van der Waals surface area contributed by atoms with Crippen molar-refractivity contribution < 1.29 is 27.9 Å². The van der Waals surface area contributed by atoms with E-state index in [1.54, 1.807) is 50.5 Å². The van der Waals surface area contributed by atoms with Gasteiger partial charge in [0, 0.05) is 17.9 Å². The van der Waals surface area contributed by atoms with E-state index in [1.807, 2.05) is 16.7 Å². The van der Waals surface area contributed by atoms with Crippen LogP contribution in [0, 0.1) is 11.8 Å². The average molecular weight is 624 g/mol. The minimum Gasteiger partial charge on any atom is -0.453 e. The number of carbonyl (C=O) groups excluding carboxylic acids is 2. The lowest BCUT2D eigenvalue weighted by molar-refractivity contribution is -0.155. The Hall–Kier alpha value is -4.09. The highest BCUT2D eigenvalue weighted by atomic mass is 31.2. The maximum Gasteiger partial charge on any atom is 0.421 e. The molecule has 234 valence electrons. The summed E-state index contributed by atoms with van der Waals surface area (Å²) in [5, 5.41) is 3.37. The molecule has 44 heavy (non-hydrogen) atoms. The van der Waals surface area contributed by atoms with Crippen molar-refractivity contribution >= 4 is 48.2 Å². The standard InChI is InChI=1S/C30H38N7O6P/c1-18(2)26(38)20(4)42-29(39)19(3)33-17-44(40,43-24-8-6-5-7-9-24)41-15-21-10-13-23(14-21)37-16-32-25-27(34-22-11-12-22)35-30(31)36-28(25)37/h5-10,13,16-23H,11-12,14-15H2,1-4H3,(H3,31,34,35,36)/b33-17+/t19-,20-,21+,23-,44?/m0/s1. The van der Waals surface area contributed by atoms with E-state index in [0.717, 1.165) is 18.8 Å². The van der Waals surface area contributed by atoms with Crippen molar-refractivity contribution in [3.05, 3.63) is 48.8 Å². The number of ether oxygens (including phenoxy) is 1. The molecule has 2 aliphatic carbocycles. The van der Waals surface area contributed by atoms with E-state index in [0.29, 0.717) is 35.2 Å². The highest BCUT2D eigenvalue weighted by Crippen LogP contribution is 2.47. The zero-order valence-corrected chi connectivity index (χ0v) is 26.1. The summed E-state index contributed by atoms with van der Waals surface area (Å²) in [6.45, 7) is 6.54. The Balaban J connectivity index is 1.25. The third-order valence-corrected chi connectivity index (χ3v) is 8.73. The molecular weight excluding hydrogens is 585 g/mol. The number of esters is 1. The molecule has 1 fully saturated rings. The Bertz CT molecular complexity index is 1600. The second-order valence-electron chi connectivity index (χ2n) is 11.4. The van der Waals surface area contributed by atoms with Gasteiger partial charge < -0.3 is 24.9 Å². The van der Waals surface area contributed by atoms with E-state index in [-0.39, 0.29) is 36.2 Å². The predicted octanol–water partition coefficient (Wildman–Crippen LogP) is 4.96. The van der Waals surface area contributed by atoms with Crippen molar-refractivity contribution in [2.75, 3.05) is 17.7 Å². The monoisotopic (exact) mass is 623 g/mol. The molecule has 2 aliphatic rings. The van der Waals surface area contributed by atoms with Crippen molar-refractivity contribution in [1.82, 2.24) is 19.5 Å². The van der Waals surface area contributed by atoms with Gasteiger partial charge in [-0.1, -0.05) is 44.2 Å². The van der Waals surface area contributed by atoms with Gasteiger partial charge in [-0.15, -0.1) is 0 Å². The third-order valence-electron chi connectivity index (χ3n) is 7.34. The molecule has 3 aromatic rings. The minimum atomic E-state index is -3.96. The first-order chi connectivity index (χ1) is 21.0. The van der Waals surface area contributed by atoms with E-state index in [9.17, 15) is 14.2 Å². The maximum absolute atomic E-state index is 13.9. The second-order valence-corrected chi connectivity index (χ2v) is 13.2. The van der Waals surface area contributed by atoms with Crippen LogP contribution in [-0.4, -0.2) is 62.0 Å². The molecule has 0 amide bonds. The number of aromatic nitrogens is 4. The fourth-order valence-electron chi connectivity index (χ4n) is 4.73. The topological polar surface area (TPSA) is 173 Å². The average Bonchev–Trinajstić information content (AvgIpc) is 3.51. The molecule has 14 heteroatoms. The van der Waals surface area contributed by atoms with Gasteiger partial charge >= 0.3 is 13.6 Å². The summed E-state index contributed by atoms with van der Waals surface area (Å²) < 4.78 is 32.7. The molecule has 2 aromatic heterocycles. The van der Waals surface area contributed by atoms with Crippen LogP contribution in [0.15, 0.2) is 53.8 Å². The zero-order valence-electron chi connectivity index (χ0n) is 25.2. The van der Waals surface area contributed by atoms with Gasteiger partial charge in [0.1, 0.15) is 17.7 Å². The molecule has 1 aromatic carbocycles. The number of carbonyl (C=O) groups is 2. The van der Waals surface area contributed by atoms with Crippen molar-refractivity contribution in [1.29, 1.82) is 0 Å². The van der Waals surface area contributed by atoms with Gasteiger partial charge in [0.25, 0.3) is 0 Å². The van der Waals surface area contributed by atoms with Crippen LogP contribution in [0.2, 0.25) is 0 Å². The number of nitrogens with zero attached hydrogens (tertiary/aromatic N) is 5. The fourth-order valence-corrected chi connectivity index (χ4v) is 6.08. The number of fused-ring (bicyclic) bond motifs is 1. The Morgan fingerprint density at radius 3 is 2.61 bits per heavy atom. The summed E-state index contributed by atoms with van der Waals surface area (Å²) in [6, 6.07) is 7.85. The number of para-hydroxylation sites is 1. The summed E-state index contributed by atoms with van der Waals surface area (Å²) >= 11 is 0. The van der Waals surface area contributed by atoms with E-state index >= 15 is 0 Å². The lowest BCUT2D eigenvalue weighted by atomic mass is 10.1. The number of benzene rings is 1. The number of aliphatic imine (C=N–C) groups is 1. The Labute approximate surface area is 255 Å². The number of nitrogens with one attached hydrogen (secondary N) is 1. The van der Waals surface area contributed by atoms with Crippen molar-refractivity contribution in [3.63, 3.8) is 0 Å². The number of allylic oxidation sites excluding steroid dienone is 1. The molecule has 5 atom stereocenters. The van der Waals surface area contributed by atoms with Crippen molar-refractivity contribution in [2.45, 2.75) is 71.2 Å². The summed E-state index contributed by atoms with van der Waals surface area (Å²) in [6.07, 6.45) is 7.63. The van der Waals surface area contributed by atoms with Crippen LogP contribution in [0.5, 0.6) is 5.75 Å². The number of Topliss-reactive ketones (excluding diaryl/α,β-unsaturated/α-hetero) is 1. The van der Waals surface area contributed by atoms with Gasteiger partial charge in [0.05, 0.1) is 19.0 Å². The first-order valence-corrected chi connectivity index (χ1v) is 16.3. The van der Waals surface area contributed by atoms with Gasteiger partial charge in [0.15, 0.2) is 28.9 Å². The molecule has 0 saturated heterocycles. The van der Waals surface area contributed by atoms with Crippen molar-refractivity contribution in [3.8, 4) is 5.75 Å². The summed E-state index contributed by atoms with van der Waals surface area (Å²) in [7, 11) is -3.96. The normalized spacial score (nSPS) is 20.9. The molecule has 1 unspecified atom stereocenters. The number of hydrogen-bond acceptors (Lipinski definition) is 12. The van der Waals surface area contributed by atoms with Gasteiger partial charge in [-0.05, 0) is 45.2 Å². The van der Waals surface area contributed by atoms with Gasteiger partial charge in [-0.25, -0.2) is 14.3 Å². The number of nitrogen functional groups attached to an aromatic ring is 1. The lowest BCUT2D eigenvalue weighted by Crippen LogP contribution is -2.31. The Morgan fingerprint density at radius 1 is 1.16 bits per heavy atom. The third kappa shape index (κ3) is 7.70. The highest BCUT2D eigenvalue weighted by molar-refractivity contribution is 7.70. The largest absolute Gasteiger partial charge is 0.453 e. The molecule has 0 spiro atoms. The van der Waals surface area contributed by atoms with E-state index < -0.39 is 25.7 Å². The van der Waals surface area contributed by atoms with Gasteiger partial charge in [-0.2, -0.15) is 9.97 Å². The fraction of sp³-hybridized carbons (Fsp3) is 0.467. The lowest BCUT2D eigenvalue weighted by Gasteiger charge is -2.19. The van der Waals surface area contributed by atoms with Crippen LogP contribution >= 0.6 is 7.60 Å². The molecule has 13 nitrogen and oxygen atoms in total. The summed E-state index contributed by atoms with van der Waals surface area (Å²) in [5.41, 5.74) is 7.30. The second kappa shape index (κ2) is 13.3. The van der Waals surface area contributed by atoms with E-state index in [2.05, 4.69) is 25.3 Å². The van der Waals surface area contributed by atoms with Crippen LogP contribution in [0.25, 0.3) is 11.2 Å². The summed E-state index contributed by atoms with van der Waals surface area (Å²) in [5.74, 6) is 0.855. The zero-order chi connectivity index (χ0) is 31.4. The minimum absolute atomic E-state index is 0.0696. The van der Waals surface area contributed by atoms with Crippen LogP contribution in [0.3, 0.4) is 0 Å². The summed E-state index contributed by atoms with van der Waals surface area (Å²) in [4.78, 5) is 42.2. The SMILES string of the molecule is CC(C)C(=O)[C@H](C)OC(=O)[C@H](C)/N=C/P(=O)(OC[C@@H]1C=C[C@H](n2cnc3c(NC4CC4)nc(N)nc32)C1)Oc1ccccc1. The maximum atomic E-state index is 13.9. The number of nitrogens with two attached hydrogens (primary N) is 1. The Kier molecular flexibility index (Phi) is 9.45. The Morgan fingerprint density at radius 2 is 1.91 bits per heavy atom. The first-order valence-electron chi connectivity index (χ1n) is 14.7. The van der Waals surface area contributed by atoms with E-state index in [1.165, 1.54) is 13.8 Å². The molecule has 3 N–H and O–H groups in total. The predicted molar refractivity (Wildman–Crippen MR) is 167 cm³/mol. The van der Waals surface area contributed by atoms with Gasteiger partial charge in [-0.3, -0.25) is 14.3 Å². The van der Waals surface area contributed by atoms with Crippen molar-refractivity contribution in [2.24, 2.45) is 16.8 Å². The van der Waals surface area contributed by atoms with Crippen LogP contribution in [0.1, 0.15) is 53.0 Å². The smallest absolute Gasteiger partial charge is 0.421 e. The molecule has 2 heterocycles. The van der Waals surface area contributed by atoms with Crippen LogP contribution in [-0.2, 0) is 23.4 Å². The number of ketones is 1. The molecule has 5 rings (SSSR count). The quantitative estimate of drug-likeness (QED) is 0.108. The molecule has 0 radical (unpaired) electrons. The van der Waals surface area contributed by atoms with Crippen LogP contribution < -0.4 is 15.6 Å². The number of rotatable bonds is 14. The first kappa shape index (κ1) is 31.3. The number of hydrogen-bond donors (Lipinski definition) is 2. The molecule has 0 aliphatic heterocycles. The highest BCUT2D eigenvalue weighted by Gasteiger charge is 2.31. The number of imidazole rings is 1. The van der Waals surface area contributed by atoms with E-state index in [4.69, 9.17) is 19.5 Å². The molecule has 0 bridgehead atoms. The number of anilines is 2.